The first kappa shape index (κ1) is 12.4. The Morgan fingerprint density at radius 2 is 1.92 bits per heavy atom. The van der Waals surface area contributed by atoms with E-state index in [1.807, 2.05) is 4.90 Å². The molecule has 0 aromatic rings. The molecule has 0 saturated heterocycles. The summed E-state index contributed by atoms with van der Waals surface area (Å²) < 4.78 is 0. The molecule has 4 heteroatoms. The van der Waals surface area contributed by atoms with Gasteiger partial charge in [0.15, 0.2) is 0 Å². The normalized spacial score (nSPS) is 10.5. The predicted octanol–water partition coefficient (Wildman–Crippen LogP) is -0.221. The standard InChI is InChI=1S/C9H20N2O2/c1-4-5-11(6-7-12)8-9(13)10(2)3/h12H,4-8H2,1-3H3. The van der Waals surface area contributed by atoms with Crippen LogP contribution in [0.1, 0.15) is 13.3 Å². The van der Waals surface area contributed by atoms with E-state index in [-0.39, 0.29) is 12.5 Å². The zero-order valence-electron chi connectivity index (χ0n) is 8.79. The molecule has 0 aromatic heterocycles. The van der Waals surface area contributed by atoms with Crippen molar-refractivity contribution in [1.29, 1.82) is 0 Å². The van der Waals surface area contributed by atoms with Gasteiger partial charge in [0.05, 0.1) is 13.2 Å². The smallest absolute Gasteiger partial charge is 0.236 e. The van der Waals surface area contributed by atoms with Gasteiger partial charge in [0, 0.05) is 20.6 Å². The monoisotopic (exact) mass is 188 g/mol. The third-order valence-corrected chi connectivity index (χ3v) is 1.81. The Bertz CT molecular complexity index is 143. The summed E-state index contributed by atoms with van der Waals surface area (Å²) in [6.07, 6.45) is 1.00. The summed E-state index contributed by atoms with van der Waals surface area (Å²) >= 11 is 0. The number of aliphatic hydroxyl groups is 1. The summed E-state index contributed by atoms with van der Waals surface area (Å²) in [6, 6.07) is 0. The molecule has 0 heterocycles. The van der Waals surface area contributed by atoms with Crippen LogP contribution >= 0.6 is 0 Å². The number of likely N-dealkylation sites (N-methyl/N-ethyl adjacent to an activating group) is 1. The molecule has 0 fully saturated rings. The van der Waals surface area contributed by atoms with E-state index in [1.54, 1.807) is 19.0 Å². The van der Waals surface area contributed by atoms with E-state index in [1.165, 1.54) is 0 Å². The average Bonchev–Trinajstić information content (AvgIpc) is 2.05. The Morgan fingerprint density at radius 1 is 1.31 bits per heavy atom. The van der Waals surface area contributed by atoms with Crippen molar-refractivity contribution in [2.75, 3.05) is 40.3 Å². The minimum absolute atomic E-state index is 0.0851. The molecule has 4 nitrogen and oxygen atoms in total. The minimum atomic E-state index is 0.0851. The molecule has 0 unspecified atom stereocenters. The first-order valence-corrected chi connectivity index (χ1v) is 4.65. The lowest BCUT2D eigenvalue weighted by molar-refractivity contribution is -0.130. The van der Waals surface area contributed by atoms with Crippen molar-refractivity contribution < 1.29 is 9.90 Å². The number of hydrogen-bond donors (Lipinski definition) is 1. The molecule has 0 radical (unpaired) electrons. The van der Waals surface area contributed by atoms with Gasteiger partial charge in [-0.15, -0.1) is 0 Å². The number of aliphatic hydroxyl groups excluding tert-OH is 1. The number of carbonyl (C=O) groups is 1. The van der Waals surface area contributed by atoms with Crippen LogP contribution in [0.5, 0.6) is 0 Å². The highest BCUT2D eigenvalue weighted by Crippen LogP contribution is 1.92. The van der Waals surface area contributed by atoms with Crippen LogP contribution < -0.4 is 0 Å². The van der Waals surface area contributed by atoms with Crippen molar-refractivity contribution in [2.24, 2.45) is 0 Å². The maximum atomic E-state index is 11.3. The molecule has 0 rings (SSSR count). The highest BCUT2D eigenvalue weighted by molar-refractivity contribution is 5.77. The van der Waals surface area contributed by atoms with Gasteiger partial charge in [-0.25, -0.2) is 0 Å². The highest BCUT2D eigenvalue weighted by atomic mass is 16.3. The summed E-state index contributed by atoms with van der Waals surface area (Å²) in [7, 11) is 3.48. The zero-order chi connectivity index (χ0) is 10.3. The fourth-order valence-electron chi connectivity index (χ4n) is 1.06. The minimum Gasteiger partial charge on any atom is -0.395 e. The molecule has 0 bridgehead atoms. The number of hydrogen-bond acceptors (Lipinski definition) is 3. The van der Waals surface area contributed by atoms with Gasteiger partial charge in [0.25, 0.3) is 0 Å². The van der Waals surface area contributed by atoms with Gasteiger partial charge >= 0.3 is 0 Å². The molecule has 0 aromatic carbocycles. The van der Waals surface area contributed by atoms with E-state index < -0.39 is 0 Å². The molecule has 1 N–H and O–H groups in total. The second-order valence-corrected chi connectivity index (χ2v) is 3.29. The van der Waals surface area contributed by atoms with Crippen LogP contribution in [0, 0.1) is 0 Å². The number of carbonyl (C=O) groups excluding carboxylic acids is 1. The van der Waals surface area contributed by atoms with Crippen LogP contribution in [0.4, 0.5) is 0 Å². The highest BCUT2D eigenvalue weighted by Gasteiger charge is 2.10. The van der Waals surface area contributed by atoms with Crippen LogP contribution in [-0.4, -0.2) is 61.2 Å². The quantitative estimate of drug-likeness (QED) is 0.626. The summed E-state index contributed by atoms with van der Waals surface area (Å²) in [4.78, 5) is 14.8. The molecule has 0 saturated carbocycles. The topological polar surface area (TPSA) is 43.8 Å². The first-order valence-electron chi connectivity index (χ1n) is 4.65. The molecular formula is C9H20N2O2. The van der Waals surface area contributed by atoms with Gasteiger partial charge in [0.2, 0.25) is 5.91 Å². The van der Waals surface area contributed by atoms with E-state index in [0.717, 1.165) is 13.0 Å². The second kappa shape index (κ2) is 6.86. The third kappa shape index (κ3) is 5.60. The zero-order valence-corrected chi connectivity index (χ0v) is 8.79. The van der Waals surface area contributed by atoms with E-state index in [0.29, 0.717) is 13.1 Å². The van der Waals surface area contributed by atoms with Gasteiger partial charge in [-0.3, -0.25) is 9.69 Å². The molecule has 0 aliphatic carbocycles. The van der Waals surface area contributed by atoms with Crippen molar-refractivity contribution >= 4 is 5.91 Å². The lowest BCUT2D eigenvalue weighted by Gasteiger charge is -2.21. The Labute approximate surface area is 80.1 Å². The molecule has 1 amide bonds. The molecular weight excluding hydrogens is 168 g/mol. The van der Waals surface area contributed by atoms with Crippen LogP contribution in [0.2, 0.25) is 0 Å². The van der Waals surface area contributed by atoms with Gasteiger partial charge in [-0.2, -0.15) is 0 Å². The summed E-state index contributed by atoms with van der Waals surface area (Å²) in [5, 5.41) is 8.75. The molecule has 0 aliphatic heterocycles. The van der Waals surface area contributed by atoms with Gasteiger partial charge in [0.1, 0.15) is 0 Å². The molecule has 78 valence electrons. The Hall–Kier alpha value is -0.610. The largest absolute Gasteiger partial charge is 0.395 e. The molecule has 0 atom stereocenters. The van der Waals surface area contributed by atoms with Crippen molar-refractivity contribution in [1.82, 2.24) is 9.80 Å². The van der Waals surface area contributed by atoms with Gasteiger partial charge < -0.3 is 10.0 Å². The van der Waals surface area contributed by atoms with Crippen molar-refractivity contribution in [3.63, 3.8) is 0 Å². The number of nitrogens with zero attached hydrogens (tertiary/aromatic N) is 2. The predicted molar refractivity (Wildman–Crippen MR) is 52.5 cm³/mol. The SMILES string of the molecule is CCCN(CCO)CC(=O)N(C)C. The number of rotatable bonds is 6. The fourth-order valence-corrected chi connectivity index (χ4v) is 1.06. The maximum Gasteiger partial charge on any atom is 0.236 e. The molecule has 0 spiro atoms. The Balaban J connectivity index is 3.86. The van der Waals surface area contributed by atoms with Crippen LogP contribution in [0.3, 0.4) is 0 Å². The van der Waals surface area contributed by atoms with Crippen molar-refractivity contribution in [3.8, 4) is 0 Å². The summed E-state index contributed by atoms with van der Waals surface area (Å²) in [5.74, 6) is 0.0851. The summed E-state index contributed by atoms with van der Waals surface area (Å²) in [5.41, 5.74) is 0. The van der Waals surface area contributed by atoms with E-state index >= 15 is 0 Å². The lowest BCUT2D eigenvalue weighted by Crippen LogP contribution is -2.38. The maximum absolute atomic E-state index is 11.3. The second-order valence-electron chi connectivity index (χ2n) is 3.29. The van der Waals surface area contributed by atoms with E-state index in [9.17, 15) is 4.79 Å². The lowest BCUT2D eigenvalue weighted by atomic mass is 10.4. The average molecular weight is 188 g/mol. The molecule has 0 aliphatic rings. The first-order chi connectivity index (χ1) is 6.11. The van der Waals surface area contributed by atoms with Crippen LogP contribution in [0.15, 0.2) is 0 Å². The number of amides is 1. The van der Waals surface area contributed by atoms with Crippen molar-refractivity contribution in [3.05, 3.63) is 0 Å². The van der Waals surface area contributed by atoms with Crippen molar-refractivity contribution in [2.45, 2.75) is 13.3 Å². The van der Waals surface area contributed by atoms with Gasteiger partial charge in [-0.05, 0) is 13.0 Å². The fraction of sp³-hybridized carbons (Fsp3) is 0.889. The Kier molecular flexibility index (Phi) is 6.54. The summed E-state index contributed by atoms with van der Waals surface area (Å²) in [6.45, 7) is 4.01. The van der Waals surface area contributed by atoms with Crippen LogP contribution in [-0.2, 0) is 4.79 Å². The van der Waals surface area contributed by atoms with Gasteiger partial charge in [-0.1, -0.05) is 6.92 Å². The Morgan fingerprint density at radius 3 is 2.31 bits per heavy atom. The van der Waals surface area contributed by atoms with E-state index in [2.05, 4.69) is 6.92 Å². The van der Waals surface area contributed by atoms with E-state index in [4.69, 9.17) is 5.11 Å². The third-order valence-electron chi connectivity index (χ3n) is 1.81. The van der Waals surface area contributed by atoms with Crippen LogP contribution in [0.25, 0.3) is 0 Å². The molecule has 13 heavy (non-hydrogen) atoms.